The third kappa shape index (κ3) is 32.9. The third-order valence-corrected chi connectivity index (χ3v) is 15.4. The molecule has 19 heteroatoms. The molecule has 506 valence electrons. The van der Waals surface area contributed by atoms with Crippen molar-refractivity contribution < 1.29 is 89.4 Å². The zero-order chi connectivity index (χ0) is 64.7. The van der Waals surface area contributed by atoms with Gasteiger partial charge in [-0.25, -0.2) is 0 Å². The molecule has 89 heavy (non-hydrogen) atoms. The monoisotopic (exact) mass is 1260 g/mol. The van der Waals surface area contributed by atoms with Gasteiger partial charge in [0.25, 0.3) is 0 Å². The van der Waals surface area contributed by atoms with Gasteiger partial charge < -0.3 is 89.9 Å². The van der Waals surface area contributed by atoms with Crippen LogP contribution in [0.1, 0.15) is 168 Å². The molecule has 3 heterocycles. The van der Waals surface area contributed by atoms with Crippen molar-refractivity contribution in [2.24, 2.45) is 0 Å². The number of nitrogens with one attached hydrogen (secondary N) is 1. The molecule has 1 amide bonds. The van der Waals surface area contributed by atoms with Gasteiger partial charge >= 0.3 is 0 Å². The van der Waals surface area contributed by atoms with Crippen LogP contribution in [0.3, 0.4) is 0 Å². The number of carbonyl (C=O) groups excluding carboxylic acids is 1. The van der Waals surface area contributed by atoms with Crippen LogP contribution < -0.4 is 5.32 Å². The second-order valence-corrected chi connectivity index (χ2v) is 22.8. The van der Waals surface area contributed by atoms with Crippen molar-refractivity contribution in [2.45, 2.75) is 272 Å². The Morgan fingerprint density at radius 2 is 0.787 bits per heavy atom. The summed E-state index contributed by atoms with van der Waals surface area (Å²) in [6.07, 6.45) is 42.9. The quantitative estimate of drug-likeness (QED) is 0.0204. The number of allylic oxidation sites excluding steroid dienone is 21. The van der Waals surface area contributed by atoms with Crippen LogP contribution in [0.2, 0.25) is 0 Å². The lowest BCUT2D eigenvalue weighted by Crippen LogP contribution is -2.66. The van der Waals surface area contributed by atoms with Crippen LogP contribution in [0.25, 0.3) is 0 Å². The summed E-state index contributed by atoms with van der Waals surface area (Å²) in [5, 5.41) is 120. The lowest BCUT2D eigenvalue weighted by Gasteiger charge is -2.48. The Kier molecular flexibility index (Phi) is 44.9. The van der Waals surface area contributed by atoms with Gasteiger partial charge in [-0.3, -0.25) is 4.79 Å². The molecule has 0 aromatic carbocycles. The van der Waals surface area contributed by atoms with E-state index in [9.17, 15) is 61.0 Å². The molecule has 0 spiro atoms. The largest absolute Gasteiger partial charge is 0.394 e. The van der Waals surface area contributed by atoms with Crippen molar-refractivity contribution in [3.8, 4) is 0 Å². The number of carbonyl (C=O) groups is 1. The van der Waals surface area contributed by atoms with Gasteiger partial charge in [0.2, 0.25) is 5.91 Å². The molecule has 3 saturated heterocycles. The van der Waals surface area contributed by atoms with Gasteiger partial charge in [0.1, 0.15) is 73.2 Å². The molecule has 19 nitrogen and oxygen atoms in total. The van der Waals surface area contributed by atoms with E-state index in [2.05, 4.69) is 129 Å². The summed E-state index contributed by atoms with van der Waals surface area (Å²) in [4.78, 5) is 13.3. The average Bonchev–Trinajstić information content (AvgIpc) is 2.42. The second-order valence-electron chi connectivity index (χ2n) is 22.8. The smallest absolute Gasteiger partial charge is 0.220 e. The molecule has 3 aliphatic heterocycles. The second kappa shape index (κ2) is 50.5. The van der Waals surface area contributed by atoms with E-state index in [1.165, 1.54) is 51.4 Å². The van der Waals surface area contributed by atoms with E-state index in [0.29, 0.717) is 19.3 Å². The zero-order valence-corrected chi connectivity index (χ0v) is 53.1. The summed E-state index contributed by atoms with van der Waals surface area (Å²) in [6, 6.07) is -1.03. The predicted octanol–water partition coefficient (Wildman–Crippen LogP) is 7.82. The standard InChI is InChI=1S/C70H113NO18/c1-3-5-7-9-11-13-15-17-19-20-21-22-23-24-25-26-27-28-29-30-31-32-34-36-38-40-42-44-46-48-58(76)71-53(54(75)47-45-43-41-39-37-35-33-18-16-14-12-10-8-6-4-2)52-84-68-64(82)61(79)66(56(50-73)86-68)89-70-65(83)62(80)67(57(51-74)87-70)88-69-63(81)60(78)59(77)55(49-72)85-69/h5,7,11,13,17,19,21-22,24-25,27-28,30-31,34,36-37,39-40,42,45,47,53-57,59-70,72-75,77-83H,3-4,6,8-10,12,14-16,18,20,23,26,29,32-33,35,38,41,43-44,46,48-52H2,1-2H3,(H,71,76)/b7-5-,13-11-,19-17-,22-21-,25-24-,28-27-,31-30-,36-34-,39-37+,42-40-,47-45+. The van der Waals surface area contributed by atoms with E-state index in [4.69, 9.17) is 28.4 Å². The van der Waals surface area contributed by atoms with E-state index in [0.717, 1.165) is 77.0 Å². The molecule has 0 saturated carbocycles. The lowest BCUT2D eigenvalue weighted by atomic mass is 9.96. The molecular weight excluding hydrogens is 1140 g/mol. The molecule has 17 unspecified atom stereocenters. The van der Waals surface area contributed by atoms with Gasteiger partial charge in [-0.15, -0.1) is 0 Å². The summed E-state index contributed by atoms with van der Waals surface area (Å²) < 4.78 is 34.2. The first-order valence-corrected chi connectivity index (χ1v) is 32.9. The summed E-state index contributed by atoms with van der Waals surface area (Å²) in [7, 11) is 0. The fourth-order valence-corrected chi connectivity index (χ4v) is 10.1. The number of unbranched alkanes of at least 4 members (excludes halogenated alkanes) is 11. The predicted molar refractivity (Wildman–Crippen MR) is 346 cm³/mol. The average molecular weight is 1260 g/mol. The highest BCUT2D eigenvalue weighted by molar-refractivity contribution is 5.76. The minimum Gasteiger partial charge on any atom is -0.394 e. The molecule has 0 radical (unpaired) electrons. The molecule has 0 aromatic heterocycles. The van der Waals surface area contributed by atoms with Crippen molar-refractivity contribution in [3.05, 3.63) is 134 Å². The highest BCUT2D eigenvalue weighted by atomic mass is 16.8. The van der Waals surface area contributed by atoms with Crippen LogP contribution in [0.4, 0.5) is 0 Å². The molecule has 0 bridgehead atoms. The number of hydrogen-bond donors (Lipinski definition) is 12. The lowest BCUT2D eigenvalue weighted by molar-refractivity contribution is -0.379. The van der Waals surface area contributed by atoms with Crippen LogP contribution in [0.15, 0.2) is 134 Å². The maximum absolute atomic E-state index is 13.3. The van der Waals surface area contributed by atoms with Crippen molar-refractivity contribution in [2.75, 3.05) is 26.4 Å². The Balaban J connectivity index is 1.48. The van der Waals surface area contributed by atoms with Gasteiger partial charge in [0, 0.05) is 6.42 Å². The van der Waals surface area contributed by atoms with Crippen molar-refractivity contribution >= 4 is 5.91 Å². The zero-order valence-electron chi connectivity index (χ0n) is 53.1. The highest BCUT2D eigenvalue weighted by Crippen LogP contribution is 2.33. The Morgan fingerprint density at radius 3 is 1.26 bits per heavy atom. The Hall–Kier alpha value is -4.07. The van der Waals surface area contributed by atoms with Gasteiger partial charge in [-0.1, -0.05) is 199 Å². The fraction of sp³-hybridized carbons (Fsp3) is 0.671. The summed E-state index contributed by atoms with van der Waals surface area (Å²) in [6.45, 7) is 1.51. The summed E-state index contributed by atoms with van der Waals surface area (Å²) >= 11 is 0. The number of amides is 1. The Bertz CT molecular complexity index is 2130. The van der Waals surface area contributed by atoms with Crippen molar-refractivity contribution in [1.82, 2.24) is 5.32 Å². The van der Waals surface area contributed by atoms with Crippen LogP contribution in [0.5, 0.6) is 0 Å². The maximum atomic E-state index is 13.3. The van der Waals surface area contributed by atoms with Gasteiger partial charge in [-0.2, -0.15) is 0 Å². The van der Waals surface area contributed by atoms with Gasteiger partial charge in [0.15, 0.2) is 18.9 Å². The SMILES string of the molecule is CC/C=C\C/C=C\C/C=C\C/C=C\C/C=C\C/C=C\C/C=C\C/C=C\C/C=C\CCCC(=O)NC(COC1OC(CO)C(OC2OC(CO)C(OC3OC(CO)C(O)C(O)C3O)C(O)C2O)C(O)C1O)C(O)/C=C/CC/C=C/CCCCCCCCCCC. The molecule has 3 rings (SSSR count). The molecular formula is C70H113NO18. The minimum absolute atomic E-state index is 0.146. The number of hydrogen-bond acceptors (Lipinski definition) is 18. The number of ether oxygens (including phenoxy) is 6. The first kappa shape index (κ1) is 79.2. The normalized spacial score (nSPS) is 29.1. The Morgan fingerprint density at radius 1 is 0.416 bits per heavy atom. The third-order valence-electron chi connectivity index (χ3n) is 15.4. The number of aliphatic hydroxyl groups is 11. The van der Waals surface area contributed by atoms with E-state index in [1.807, 2.05) is 18.2 Å². The molecule has 17 atom stereocenters. The van der Waals surface area contributed by atoms with Crippen LogP contribution >= 0.6 is 0 Å². The summed E-state index contributed by atoms with van der Waals surface area (Å²) in [5.74, 6) is -0.350. The minimum atomic E-state index is -1.99. The van der Waals surface area contributed by atoms with Crippen LogP contribution in [0, 0.1) is 0 Å². The van der Waals surface area contributed by atoms with E-state index in [1.54, 1.807) is 6.08 Å². The molecule has 0 aromatic rings. The first-order valence-electron chi connectivity index (χ1n) is 32.9. The van der Waals surface area contributed by atoms with E-state index in [-0.39, 0.29) is 12.3 Å². The van der Waals surface area contributed by atoms with Crippen LogP contribution in [-0.2, 0) is 33.2 Å². The maximum Gasteiger partial charge on any atom is 0.220 e. The summed E-state index contributed by atoms with van der Waals surface area (Å²) in [5.41, 5.74) is 0. The van der Waals surface area contributed by atoms with E-state index >= 15 is 0 Å². The van der Waals surface area contributed by atoms with Crippen LogP contribution in [-0.4, -0.2) is 193 Å². The van der Waals surface area contributed by atoms with Gasteiger partial charge in [-0.05, 0) is 96.3 Å². The van der Waals surface area contributed by atoms with Gasteiger partial charge in [0.05, 0.1) is 38.6 Å². The van der Waals surface area contributed by atoms with Crippen molar-refractivity contribution in [1.29, 1.82) is 0 Å². The first-order chi connectivity index (χ1) is 43.3. The van der Waals surface area contributed by atoms with Crippen molar-refractivity contribution in [3.63, 3.8) is 0 Å². The van der Waals surface area contributed by atoms with E-state index < -0.39 is 131 Å². The molecule has 0 aliphatic carbocycles. The molecule has 12 N–H and O–H groups in total. The highest BCUT2D eigenvalue weighted by Gasteiger charge is 2.53. The molecule has 3 fully saturated rings. The number of rotatable bonds is 47. The topological polar surface area (TPSA) is 307 Å². The Labute approximate surface area is 530 Å². The fourth-order valence-electron chi connectivity index (χ4n) is 10.1. The molecule has 3 aliphatic rings. The number of aliphatic hydroxyl groups excluding tert-OH is 11.